The molecule has 1 heterocycles. The molecule has 1 aliphatic heterocycles. The number of rotatable bonds is 0. The number of benzene rings is 1. The van der Waals surface area contributed by atoms with E-state index in [0.717, 1.165) is 35.3 Å². The Kier molecular flexibility index (Phi) is 1.72. The Morgan fingerprint density at radius 2 is 2.27 bits per heavy atom. The molecule has 15 heavy (non-hydrogen) atoms. The van der Waals surface area contributed by atoms with E-state index in [1.807, 2.05) is 31.2 Å². The van der Waals surface area contributed by atoms with Crippen molar-refractivity contribution in [1.82, 2.24) is 0 Å². The molecule has 0 N–H and O–H groups in total. The van der Waals surface area contributed by atoms with E-state index >= 15 is 0 Å². The van der Waals surface area contributed by atoms with Crippen molar-refractivity contribution in [1.29, 1.82) is 0 Å². The molecule has 0 bridgehead atoms. The van der Waals surface area contributed by atoms with Gasteiger partial charge in [-0.3, -0.25) is 4.79 Å². The molecule has 2 aliphatic rings. The molecule has 0 amide bonds. The average molecular weight is 200 g/mol. The van der Waals surface area contributed by atoms with Crippen molar-refractivity contribution in [3.8, 4) is 5.75 Å². The lowest BCUT2D eigenvalue weighted by Gasteiger charge is -2.24. The van der Waals surface area contributed by atoms with Gasteiger partial charge >= 0.3 is 0 Å². The van der Waals surface area contributed by atoms with Crippen LogP contribution in [-0.2, 0) is 0 Å². The van der Waals surface area contributed by atoms with Crippen molar-refractivity contribution in [3.05, 3.63) is 41.0 Å². The summed E-state index contributed by atoms with van der Waals surface area (Å²) in [5.41, 5.74) is 2.68. The van der Waals surface area contributed by atoms with Crippen molar-refractivity contribution in [3.63, 3.8) is 0 Å². The molecular weight excluding hydrogens is 188 g/mol. The van der Waals surface area contributed by atoms with Crippen molar-refractivity contribution < 1.29 is 9.53 Å². The number of allylic oxidation sites excluding steroid dienone is 1. The Labute approximate surface area is 88.6 Å². The minimum absolute atomic E-state index is 0.00714. The van der Waals surface area contributed by atoms with E-state index in [4.69, 9.17) is 4.74 Å². The molecule has 3 rings (SSSR count). The number of ether oxygens (including phenoxy) is 1. The van der Waals surface area contributed by atoms with Crippen molar-refractivity contribution in [2.45, 2.75) is 25.9 Å². The lowest BCUT2D eigenvalue weighted by atomic mass is 9.96. The van der Waals surface area contributed by atoms with E-state index in [9.17, 15) is 4.79 Å². The van der Waals surface area contributed by atoms with Crippen LogP contribution in [0.25, 0.3) is 0 Å². The van der Waals surface area contributed by atoms with Crippen LogP contribution in [0.5, 0.6) is 5.75 Å². The van der Waals surface area contributed by atoms with E-state index < -0.39 is 0 Å². The van der Waals surface area contributed by atoms with Gasteiger partial charge in [0.1, 0.15) is 11.9 Å². The smallest absolute Gasteiger partial charge is 0.196 e. The van der Waals surface area contributed by atoms with Crippen LogP contribution in [0, 0.1) is 6.92 Å². The third-order valence-electron chi connectivity index (χ3n) is 3.05. The maximum absolute atomic E-state index is 12.1. The molecule has 2 nitrogen and oxygen atoms in total. The quantitative estimate of drug-likeness (QED) is 0.643. The van der Waals surface area contributed by atoms with Crippen LogP contribution in [0.1, 0.15) is 28.8 Å². The zero-order valence-corrected chi connectivity index (χ0v) is 8.62. The lowest BCUT2D eigenvalue weighted by Crippen LogP contribution is -2.27. The topological polar surface area (TPSA) is 26.3 Å². The highest BCUT2D eigenvalue weighted by Crippen LogP contribution is 2.35. The molecule has 1 aliphatic carbocycles. The van der Waals surface area contributed by atoms with Gasteiger partial charge in [0.15, 0.2) is 5.78 Å². The third-order valence-corrected chi connectivity index (χ3v) is 3.05. The first-order valence-electron chi connectivity index (χ1n) is 5.28. The zero-order valence-electron chi connectivity index (χ0n) is 8.62. The predicted octanol–water partition coefficient (Wildman–Crippen LogP) is 2.66. The first-order chi connectivity index (χ1) is 7.25. The van der Waals surface area contributed by atoms with Gasteiger partial charge in [-0.25, -0.2) is 0 Å². The van der Waals surface area contributed by atoms with Gasteiger partial charge < -0.3 is 4.74 Å². The molecular formula is C13H12O2. The molecule has 0 fully saturated rings. The van der Waals surface area contributed by atoms with Crippen LogP contribution in [0.3, 0.4) is 0 Å². The first-order valence-corrected chi connectivity index (χ1v) is 5.28. The summed E-state index contributed by atoms with van der Waals surface area (Å²) in [5.74, 6) is 0.900. The Hall–Kier alpha value is -1.57. The standard InChI is InChI=1S/C13H12O2/c1-8-5-6-12-10(7-8)13(14)9-3-2-4-11(9)15-12/h3,5-7,11H,2,4H2,1H3. The molecule has 1 atom stereocenters. The lowest BCUT2D eigenvalue weighted by molar-refractivity contribution is 0.0966. The highest BCUT2D eigenvalue weighted by Gasteiger charge is 2.33. The zero-order chi connectivity index (χ0) is 10.4. The van der Waals surface area contributed by atoms with Crippen molar-refractivity contribution >= 4 is 5.78 Å². The van der Waals surface area contributed by atoms with Gasteiger partial charge in [0.25, 0.3) is 0 Å². The molecule has 1 aromatic rings. The van der Waals surface area contributed by atoms with Crippen LogP contribution >= 0.6 is 0 Å². The van der Waals surface area contributed by atoms with E-state index in [1.165, 1.54) is 0 Å². The van der Waals surface area contributed by atoms with Crippen molar-refractivity contribution in [2.24, 2.45) is 0 Å². The van der Waals surface area contributed by atoms with Gasteiger partial charge in [0, 0.05) is 5.57 Å². The van der Waals surface area contributed by atoms with Crippen molar-refractivity contribution in [2.75, 3.05) is 0 Å². The van der Waals surface area contributed by atoms with E-state index in [0.29, 0.717) is 0 Å². The maximum Gasteiger partial charge on any atom is 0.196 e. The number of hydrogen-bond donors (Lipinski definition) is 0. The predicted molar refractivity (Wildman–Crippen MR) is 57.2 cm³/mol. The SMILES string of the molecule is Cc1ccc2c(c1)C(=O)C1=CCCC1O2. The Morgan fingerprint density at radius 3 is 3.13 bits per heavy atom. The maximum atomic E-state index is 12.1. The highest BCUT2D eigenvalue weighted by atomic mass is 16.5. The number of ketones is 1. The molecule has 1 unspecified atom stereocenters. The second-order valence-corrected chi connectivity index (χ2v) is 4.17. The summed E-state index contributed by atoms with van der Waals surface area (Å²) in [6.07, 6.45) is 3.92. The van der Waals surface area contributed by atoms with Crippen LogP contribution in [0.15, 0.2) is 29.8 Å². The fraction of sp³-hybridized carbons (Fsp3) is 0.308. The summed E-state index contributed by atoms with van der Waals surface area (Å²) in [5, 5.41) is 0. The van der Waals surface area contributed by atoms with Gasteiger partial charge in [0.05, 0.1) is 5.56 Å². The second kappa shape index (κ2) is 2.96. The molecule has 0 aromatic heterocycles. The number of carbonyl (C=O) groups is 1. The monoisotopic (exact) mass is 200 g/mol. The molecule has 0 saturated heterocycles. The number of aryl methyl sites for hydroxylation is 1. The Morgan fingerprint density at radius 1 is 1.40 bits per heavy atom. The van der Waals surface area contributed by atoms with E-state index in [2.05, 4.69) is 0 Å². The minimum atomic E-state index is 0.00714. The van der Waals surface area contributed by atoms with Gasteiger partial charge in [-0.2, -0.15) is 0 Å². The van der Waals surface area contributed by atoms with Crippen LogP contribution in [-0.4, -0.2) is 11.9 Å². The fourth-order valence-electron chi connectivity index (χ4n) is 2.27. The van der Waals surface area contributed by atoms with Crippen LogP contribution in [0.2, 0.25) is 0 Å². The van der Waals surface area contributed by atoms with Crippen LogP contribution in [0.4, 0.5) is 0 Å². The molecule has 1 aromatic carbocycles. The Bertz CT molecular complexity index is 471. The number of carbonyl (C=O) groups excluding carboxylic acids is 1. The van der Waals surface area contributed by atoms with Crippen LogP contribution < -0.4 is 4.74 Å². The fourth-order valence-corrected chi connectivity index (χ4v) is 2.27. The largest absolute Gasteiger partial charge is 0.485 e. The first kappa shape index (κ1) is 8.72. The summed E-state index contributed by atoms with van der Waals surface area (Å²) >= 11 is 0. The summed E-state index contributed by atoms with van der Waals surface area (Å²) in [7, 11) is 0. The van der Waals surface area contributed by atoms with E-state index in [1.54, 1.807) is 0 Å². The van der Waals surface area contributed by atoms with Gasteiger partial charge in [0.2, 0.25) is 0 Å². The normalized spacial score (nSPS) is 22.9. The Balaban J connectivity index is 2.15. The molecule has 2 heteroatoms. The molecule has 0 spiro atoms. The molecule has 76 valence electrons. The summed E-state index contributed by atoms with van der Waals surface area (Å²) in [4.78, 5) is 12.1. The van der Waals surface area contributed by atoms with Gasteiger partial charge in [-0.1, -0.05) is 17.7 Å². The summed E-state index contributed by atoms with van der Waals surface area (Å²) < 4.78 is 5.79. The summed E-state index contributed by atoms with van der Waals surface area (Å²) in [6.45, 7) is 1.99. The third kappa shape index (κ3) is 1.21. The second-order valence-electron chi connectivity index (χ2n) is 4.17. The minimum Gasteiger partial charge on any atom is -0.485 e. The van der Waals surface area contributed by atoms with Gasteiger partial charge in [-0.15, -0.1) is 0 Å². The number of fused-ring (bicyclic) bond motifs is 2. The number of hydrogen-bond acceptors (Lipinski definition) is 2. The number of Topliss-reactive ketones (excluding diaryl/α,β-unsaturated/α-hetero) is 1. The molecule has 0 radical (unpaired) electrons. The van der Waals surface area contributed by atoms with Gasteiger partial charge in [-0.05, 0) is 31.9 Å². The average Bonchev–Trinajstić information content (AvgIpc) is 2.68. The highest BCUT2D eigenvalue weighted by molar-refractivity contribution is 6.12. The van der Waals surface area contributed by atoms with E-state index in [-0.39, 0.29) is 11.9 Å². The molecule has 0 saturated carbocycles. The summed E-state index contributed by atoms with van der Waals surface area (Å²) in [6, 6.07) is 5.79.